The molecule has 19 heavy (non-hydrogen) atoms. The molecule has 0 amide bonds. The Morgan fingerprint density at radius 2 is 2.26 bits per heavy atom. The highest BCUT2D eigenvalue weighted by atomic mass is 19.1. The van der Waals surface area contributed by atoms with Crippen molar-refractivity contribution in [3.63, 3.8) is 0 Å². The molecule has 1 aliphatic heterocycles. The average Bonchev–Trinajstić information content (AvgIpc) is 2.86. The highest BCUT2D eigenvalue weighted by Crippen LogP contribution is 2.38. The van der Waals surface area contributed by atoms with Gasteiger partial charge in [-0.3, -0.25) is 4.90 Å². The standard InChI is InChI=1S/C15H22FNO2/c1-11(2)17-7-3-4-14(17)13-10-12(16)5-6-15(13)19-9-8-18/h5-6,10-11,14,18H,3-4,7-9H2,1-2H3. The molecule has 0 aromatic heterocycles. The van der Waals surface area contributed by atoms with Crippen LogP contribution in [0.3, 0.4) is 0 Å². The Morgan fingerprint density at radius 3 is 2.95 bits per heavy atom. The second-order valence-electron chi connectivity index (χ2n) is 5.24. The van der Waals surface area contributed by atoms with Crippen molar-refractivity contribution in [3.05, 3.63) is 29.6 Å². The first kappa shape index (κ1) is 14.3. The summed E-state index contributed by atoms with van der Waals surface area (Å²) in [6.45, 7) is 5.57. The van der Waals surface area contributed by atoms with Crippen LogP contribution in [0.4, 0.5) is 4.39 Å². The summed E-state index contributed by atoms with van der Waals surface area (Å²) in [4.78, 5) is 2.38. The van der Waals surface area contributed by atoms with E-state index in [1.807, 2.05) is 0 Å². The van der Waals surface area contributed by atoms with Crippen LogP contribution in [0.2, 0.25) is 0 Å². The van der Waals surface area contributed by atoms with Crippen LogP contribution in [0.5, 0.6) is 5.75 Å². The van der Waals surface area contributed by atoms with Gasteiger partial charge in [0, 0.05) is 17.6 Å². The number of aliphatic hydroxyl groups excluding tert-OH is 1. The zero-order valence-corrected chi connectivity index (χ0v) is 11.6. The summed E-state index contributed by atoms with van der Waals surface area (Å²) in [6, 6.07) is 5.28. The Labute approximate surface area is 114 Å². The Kier molecular flexibility index (Phi) is 4.77. The van der Waals surface area contributed by atoms with Crippen LogP contribution in [0.25, 0.3) is 0 Å². The summed E-state index contributed by atoms with van der Waals surface area (Å²) < 4.78 is 19.1. The molecule has 1 aliphatic rings. The first-order valence-corrected chi connectivity index (χ1v) is 6.92. The summed E-state index contributed by atoms with van der Waals surface area (Å²) in [5.41, 5.74) is 0.902. The number of hydrogen-bond donors (Lipinski definition) is 1. The maximum absolute atomic E-state index is 13.5. The molecule has 3 nitrogen and oxygen atoms in total. The molecule has 0 saturated carbocycles. The van der Waals surface area contributed by atoms with Gasteiger partial charge in [0.2, 0.25) is 0 Å². The van der Waals surface area contributed by atoms with Gasteiger partial charge in [0.05, 0.1) is 6.61 Å². The van der Waals surface area contributed by atoms with E-state index >= 15 is 0 Å². The summed E-state index contributed by atoms with van der Waals surface area (Å²) in [5, 5.41) is 8.87. The number of benzene rings is 1. The lowest BCUT2D eigenvalue weighted by molar-refractivity contribution is 0.184. The fraction of sp³-hybridized carbons (Fsp3) is 0.600. The van der Waals surface area contributed by atoms with Gasteiger partial charge in [-0.15, -0.1) is 0 Å². The third kappa shape index (κ3) is 3.25. The predicted molar refractivity (Wildman–Crippen MR) is 72.8 cm³/mol. The molecule has 1 N–H and O–H groups in total. The molecule has 1 heterocycles. The zero-order chi connectivity index (χ0) is 13.8. The molecule has 1 aromatic rings. The molecule has 1 unspecified atom stereocenters. The quantitative estimate of drug-likeness (QED) is 0.890. The van der Waals surface area contributed by atoms with Gasteiger partial charge in [-0.2, -0.15) is 0 Å². The molecule has 1 atom stereocenters. The number of hydrogen-bond acceptors (Lipinski definition) is 3. The maximum atomic E-state index is 13.5. The number of rotatable bonds is 5. The molecular formula is C15H22FNO2. The minimum atomic E-state index is -0.234. The van der Waals surface area contributed by atoms with Gasteiger partial charge >= 0.3 is 0 Å². The molecule has 106 valence electrons. The van der Waals surface area contributed by atoms with Gasteiger partial charge in [-0.05, 0) is 51.4 Å². The molecule has 0 bridgehead atoms. The van der Waals surface area contributed by atoms with E-state index in [-0.39, 0.29) is 25.1 Å². The number of nitrogens with zero attached hydrogens (tertiary/aromatic N) is 1. The highest BCUT2D eigenvalue weighted by Gasteiger charge is 2.30. The number of halogens is 1. The van der Waals surface area contributed by atoms with Crippen LogP contribution in [0.15, 0.2) is 18.2 Å². The summed E-state index contributed by atoms with van der Waals surface area (Å²) in [7, 11) is 0. The van der Waals surface area contributed by atoms with Gasteiger partial charge in [-0.25, -0.2) is 4.39 Å². The predicted octanol–water partition coefficient (Wildman–Crippen LogP) is 2.74. The average molecular weight is 267 g/mol. The van der Waals surface area contributed by atoms with Crippen LogP contribution >= 0.6 is 0 Å². The third-order valence-corrected chi connectivity index (χ3v) is 3.64. The minimum Gasteiger partial charge on any atom is -0.491 e. The van der Waals surface area contributed by atoms with E-state index in [1.54, 1.807) is 12.1 Å². The summed E-state index contributed by atoms with van der Waals surface area (Å²) >= 11 is 0. The Hall–Kier alpha value is -1.13. The second-order valence-corrected chi connectivity index (χ2v) is 5.24. The van der Waals surface area contributed by atoms with Crippen molar-refractivity contribution in [2.24, 2.45) is 0 Å². The lowest BCUT2D eigenvalue weighted by Gasteiger charge is -2.29. The van der Waals surface area contributed by atoms with E-state index in [0.29, 0.717) is 11.8 Å². The van der Waals surface area contributed by atoms with Crippen molar-refractivity contribution in [1.82, 2.24) is 4.90 Å². The van der Waals surface area contributed by atoms with Crippen molar-refractivity contribution in [2.75, 3.05) is 19.8 Å². The van der Waals surface area contributed by atoms with Crippen molar-refractivity contribution in [1.29, 1.82) is 0 Å². The number of ether oxygens (including phenoxy) is 1. The third-order valence-electron chi connectivity index (χ3n) is 3.64. The maximum Gasteiger partial charge on any atom is 0.124 e. The SMILES string of the molecule is CC(C)N1CCCC1c1cc(F)ccc1OCCO. The fourth-order valence-corrected chi connectivity index (χ4v) is 2.81. The molecule has 0 aliphatic carbocycles. The van der Waals surface area contributed by atoms with Gasteiger partial charge in [0.1, 0.15) is 18.2 Å². The molecule has 1 fully saturated rings. The lowest BCUT2D eigenvalue weighted by atomic mass is 10.0. The van der Waals surface area contributed by atoms with Gasteiger partial charge in [-0.1, -0.05) is 0 Å². The van der Waals surface area contributed by atoms with Gasteiger partial charge < -0.3 is 9.84 Å². The molecule has 1 aromatic carbocycles. The largest absolute Gasteiger partial charge is 0.491 e. The van der Waals surface area contributed by atoms with E-state index in [9.17, 15) is 4.39 Å². The smallest absolute Gasteiger partial charge is 0.124 e. The van der Waals surface area contributed by atoms with Crippen LogP contribution in [0, 0.1) is 5.82 Å². The van der Waals surface area contributed by atoms with Crippen molar-refractivity contribution < 1.29 is 14.2 Å². The molecule has 1 saturated heterocycles. The van der Waals surface area contributed by atoms with Crippen LogP contribution < -0.4 is 4.74 Å². The first-order valence-electron chi connectivity index (χ1n) is 6.92. The zero-order valence-electron chi connectivity index (χ0n) is 11.6. The van der Waals surface area contributed by atoms with E-state index in [4.69, 9.17) is 9.84 Å². The summed E-state index contributed by atoms with van der Waals surface area (Å²) in [5.74, 6) is 0.454. The normalized spacial score (nSPS) is 20.2. The summed E-state index contributed by atoms with van der Waals surface area (Å²) in [6.07, 6.45) is 2.15. The topological polar surface area (TPSA) is 32.7 Å². The second kappa shape index (κ2) is 6.35. The van der Waals surface area contributed by atoms with Crippen LogP contribution in [-0.2, 0) is 0 Å². The van der Waals surface area contributed by atoms with Crippen molar-refractivity contribution >= 4 is 0 Å². The van der Waals surface area contributed by atoms with E-state index in [1.165, 1.54) is 6.07 Å². The fourth-order valence-electron chi connectivity index (χ4n) is 2.81. The Balaban J connectivity index is 2.28. The monoisotopic (exact) mass is 267 g/mol. The number of aliphatic hydroxyl groups is 1. The highest BCUT2D eigenvalue weighted by molar-refractivity contribution is 5.37. The molecular weight excluding hydrogens is 245 g/mol. The van der Waals surface area contributed by atoms with Crippen molar-refractivity contribution in [3.8, 4) is 5.75 Å². The van der Waals surface area contributed by atoms with Crippen LogP contribution in [0.1, 0.15) is 38.3 Å². The van der Waals surface area contributed by atoms with Gasteiger partial charge in [0.15, 0.2) is 0 Å². The van der Waals surface area contributed by atoms with Crippen molar-refractivity contribution in [2.45, 2.75) is 38.8 Å². The first-order chi connectivity index (χ1) is 9.13. The van der Waals surface area contributed by atoms with E-state index in [2.05, 4.69) is 18.7 Å². The lowest BCUT2D eigenvalue weighted by Crippen LogP contribution is -2.30. The Morgan fingerprint density at radius 1 is 1.47 bits per heavy atom. The van der Waals surface area contributed by atoms with E-state index in [0.717, 1.165) is 24.9 Å². The van der Waals surface area contributed by atoms with E-state index < -0.39 is 0 Å². The molecule has 4 heteroatoms. The van der Waals surface area contributed by atoms with Crippen LogP contribution in [-0.4, -0.2) is 35.8 Å². The molecule has 0 radical (unpaired) electrons. The van der Waals surface area contributed by atoms with Gasteiger partial charge in [0.25, 0.3) is 0 Å². The molecule has 2 rings (SSSR count). The number of likely N-dealkylation sites (tertiary alicyclic amines) is 1. The molecule has 0 spiro atoms. The minimum absolute atomic E-state index is 0.0324. The Bertz CT molecular complexity index is 423.